The molecule has 7 heteroatoms. The first-order valence-corrected chi connectivity index (χ1v) is 9.55. The average molecular weight is 513 g/mol. The van der Waals surface area contributed by atoms with Crippen LogP contribution in [-0.4, -0.2) is 44.9 Å². The lowest BCUT2D eigenvalue weighted by molar-refractivity contribution is 0.187. The minimum absolute atomic E-state index is 0. The maximum absolute atomic E-state index is 10.4. The SMILES string of the molecule is CCNC(=NCC(O)c1ccc(OC)cc1)NCCc1ccc(C)c(OC)c1.I. The number of hydrogen-bond donors (Lipinski definition) is 3. The molecule has 0 aliphatic heterocycles. The monoisotopic (exact) mass is 513 g/mol. The summed E-state index contributed by atoms with van der Waals surface area (Å²) in [5.41, 5.74) is 3.14. The van der Waals surface area contributed by atoms with Gasteiger partial charge in [-0.15, -0.1) is 24.0 Å². The van der Waals surface area contributed by atoms with E-state index in [1.165, 1.54) is 5.56 Å². The Balaban J connectivity index is 0.00000420. The number of aliphatic hydroxyl groups excluding tert-OH is 1. The second-order valence-corrected chi connectivity index (χ2v) is 6.49. The molecule has 0 bridgehead atoms. The zero-order valence-electron chi connectivity index (χ0n) is 17.6. The molecule has 2 rings (SSSR count). The van der Waals surface area contributed by atoms with Crippen molar-refractivity contribution in [3.05, 3.63) is 59.2 Å². The molecule has 0 saturated carbocycles. The van der Waals surface area contributed by atoms with Gasteiger partial charge >= 0.3 is 0 Å². The number of nitrogens with one attached hydrogen (secondary N) is 2. The summed E-state index contributed by atoms with van der Waals surface area (Å²) in [5.74, 6) is 2.36. The predicted molar refractivity (Wildman–Crippen MR) is 129 cm³/mol. The lowest BCUT2D eigenvalue weighted by atomic mass is 10.1. The molecule has 0 heterocycles. The molecule has 1 unspecified atom stereocenters. The van der Waals surface area contributed by atoms with E-state index in [0.29, 0.717) is 5.96 Å². The van der Waals surface area contributed by atoms with Crippen LogP contribution in [-0.2, 0) is 6.42 Å². The second kappa shape index (κ2) is 13.3. The van der Waals surface area contributed by atoms with Crippen molar-refractivity contribution in [2.45, 2.75) is 26.4 Å². The van der Waals surface area contributed by atoms with Gasteiger partial charge in [0.1, 0.15) is 11.5 Å². The molecule has 0 saturated heterocycles. The fraction of sp³-hybridized carbons (Fsp3) is 0.409. The molecule has 0 aliphatic carbocycles. The Bertz CT molecular complexity index is 766. The Hall–Kier alpha value is -2.00. The van der Waals surface area contributed by atoms with Crippen LogP contribution in [0.5, 0.6) is 11.5 Å². The largest absolute Gasteiger partial charge is 0.497 e. The Kier molecular flexibility index (Phi) is 11.5. The predicted octanol–water partition coefficient (Wildman–Crippen LogP) is 3.46. The third-order valence-corrected chi connectivity index (χ3v) is 4.45. The molecule has 0 spiro atoms. The Morgan fingerprint density at radius 2 is 1.79 bits per heavy atom. The van der Waals surface area contributed by atoms with E-state index in [1.807, 2.05) is 38.1 Å². The summed E-state index contributed by atoms with van der Waals surface area (Å²) in [4.78, 5) is 4.50. The molecule has 3 N–H and O–H groups in total. The van der Waals surface area contributed by atoms with Crippen LogP contribution in [0.1, 0.15) is 29.7 Å². The van der Waals surface area contributed by atoms with Crippen molar-refractivity contribution in [2.75, 3.05) is 33.9 Å². The number of aliphatic hydroxyl groups is 1. The number of methoxy groups -OCH3 is 2. The molecule has 2 aromatic rings. The number of aliphatic imine (C=N–C) groups is 1. The van der Waals surface area contributed by atoms with Crippen LogP contribution >= 0.6 is 24.0 Å². The van der Waals surface area contributed by atoms with E-state index in [0.717, 1.165) is 42.1 Å². The van der Waals surface area contributed by atoms with Gasteiger partial charge in [0.2, 0.25) is 0 Å². The molecule has 2 aromatic carbocycles. The van der Waals surface area contributed by atoms with E-state index >= 15 is 0 Å². The molecule has 0 aromatic heterocycles. The maximum atomic E-state index is 10.4. The van der Waals surface area contributed by atoms with Gasteiger partial charge in [0.15, 0.2) is 5.96 Å². The summed E-state index contributed by atoms with van der Waals surface area (Å²) >= 11 is 0. The van der Waals surface area contributed by atoms with Crippen LogP contribution in [0.2, 0.25) is 0 Å². The van der Waals surface area contributed by atoms with E-state index in [9.17, 15) is 5.11 Å². The van der Waals surface area contributed by atoms with Gasteiger partial charge in [-0.3, -0.25) is 4.99 Å². The Morgan fingerprint density at radius 1 is 1.07 bits per heavy atom. The highest BCUT2D eigenvalue weighted by Crippen LogP contribution is 2.19. The summed E-state index contributed by atoms with van der Waals surface area (Å²) in [6.45, 7) is 5.81. The van der Waals surface area contributed by atoms with Gasteiger partial charge < -0.3 is 25.2 Å². The van der Waals surface area contributed by atoms with Crippen molar-refractivity contribution in [3.8, 4) is 11.5 Å². The molecule has 6 nitrogen and oxygen atoms in total. The van der Waals surface area contributed by atoms with Crippen molar-refractivity contribution < 1.29 is 14.6 Å². The molecular weight excluding hydrogens is 481 g/mol. The van der Waals surface area contributed by atoms with Crippen molar-refractivity contribution in [1.29, 1.82) is 0 Å². The first-order chi connectivity index (χ1) is 13.6. The van der Waals surface area contributed by atoms with Gasteiger partial charge in [-0.2, -0.15) is 0 Å². The molecule has 0 radical (unpaired) electrons. The van der Waals surface area contributed by atoms with Crippen LogP contribution in [0, 0.1) is 6.92 Å². The molecular formula is C22H32IN3O3. The normalized spacial score (nSPS) is 12.0. The highest BCUT2D eigenvalue weighted by atomic mass is 127. The number of benzene rings is 2. The van der Waals surface area contributed by atoms with E-state index < -0.39 is 6.10 Å². The van der Waals surface area contributed by atoms with Gasteiger partial charge in [0.25, 0.3) is 0 Å². The number of aryl methyl sites for hydroxylation is 1. The summed E-state index contributed by atoms with van der Waals surface area (Å²) in [7, 11) is 3.31. The van der Waals surface area contributed by atoms with Crippen LogP contribution in [0.25, 0.3) is 0 Å². The van der Waals surface area contributed by atoms with Crippen molar-refractivity contribution in [3.63, 3.8) is 0 Å². The molecule has 1 atom stereocenters. The van der Waals surface area contributed by atoms with Gasteiger partial charge in [0, 0.05) is 13.1 Å². The molecule has 0 fully saturated rings. The van der Waals surface area contributed by atoms with E-state index in [4.69, 9.17) is 9.47 Å². The van der Waals surface area contributed by atoms with Gasteiger partial charge in [0.05, 0.1) is 26.9 Å². The first-order valence-electron chi connectivity index (χ1n) is 9.55. The van der Waals surface area contributed by atoms with E-state index in [1.54, 1.807) is 14.2 Å². The molecule has 0 aliphatic rings. The van der Waals surface area contributed by atoms with Crippen LogP contribution in [0.3, 0.4) is 0 Å². The first kappa shape index (κ1) is 25.0. The Morgan fingerprint density at radius 3 is 2.41 bits per heavy atom. The average Bonchev–Trinajstić information content (AvgIpc) is 2.73. The summed E-state index contributed by atoms with van der Waals surface area (Å²) < 4.78 is 10.5. The zero-order chi connectivity index (χ0) is 20.4. The Labute approximate surface area is 190 Å². The van der Waals surface area contributed by atoms with Gasteiger partial charge in [-0.05, 0) is 55.2 Å². The number of guanidine groups is 1. The number of rotatable bonds is 9. The summed E-state index contributed by atoms with van der Waals surface area (Å²) in [6, 6.07) is 13.6. The standard InChI is InChI=1S/C22H31N3O3.HI/c1-5-23-22(24-13-12-17-7-6-16(2)21(14-17)28-4)25-15-20(26)18-8-10-19(27-3)11-9-18;/h6-11,14,20,26H,5,12-13,15H2,1-4H3,(H2,23,24,25);1H. The van der Waals surface area contributed by atoms with Gasteiger partial charge in [-0.1, -0.05) is 24.3 Å². The third kappa shape index (κ3) is 8.10. The lowest BCUT2D eigenvalue weighted by Crippen LogP contribution is -2.38. The minimum Gasteiger partial charge on any atom is -0.497 e. The highest BCUT2D eigenvalue weighted by molar-refractivity contribution is 14.0. The topological polar surface area (TPSA) is 75.1 Å². The quantitative estimate of drug-likeness (QED) is 0.272. The van der Waals surface area contributed by atoms with Crippen LogP contribution in [0.15, 0.2) is 47.5 Å². The zero-order valence-corrected chi connectivity index (χ0v) is 19.9. The van der Waals surface area contributed by atoms with Crippen molar-refractivity contribution >= 4 is 29.9 Å². The van der Waals surface area contributed by atoms with Crippen LogP contribution in [0.4, 0.5) is 0 Å². The fourth-order valence-electron chi connectivity index (χ4n) is 2.80. The summed E-state index contributed by atoms with van der Waals surface area (Å²) in [5, 5.41) is 16.9. The second-order valence-electron chi connectivity index (χ2n) is 6.49. The van der Waals surface area contributed by atoms with Crippen molar-refractivity contribution in [1.82, 2.24) is 10.6 Å². The highest BCUT2D eigenvalue weighted by Gasteiger charge is 2.08. The lowest BCUT2D eigenvalue weighted by Gasteiger charge is -2.14. The number of ether oxygens (including phenoxy) is 2. The fourth-order valence-corrected chi connectivity index (χ4v) is 2.80. The molecule has 29 heavy (non-hydrogen) atoms. The van der Waals surface area contributed by atoms with E-state index in [-0.39, 0.29) is 30.5 Å². The van der Waals surface area contributed by atoms with Gasteiger partial charge in [-0.25, -0.2) is 0 Å². The van der Waals surface area contributed by atoms with Crippen LogP contribution < -0.4 is 20.1 Å². The summed E-state index contributed by atoms with van der Waals surface area (Å²) in [6.07, 6.45) is 0.185. The smallest absolute Gasteiger partial charge is 0.191 e. The minimum atomic E-state index is -0.664. The number of hydrogen-bond acceptors (Lipinski definition) is 4. The van der Waals surface area contributed by atoms with E-state index in [2.05, 4.69) is 33.8 Å². The number of nitrogens with zero attached hydrogens (tertiary/aromatic N) is 1. The van der Waals surface area contributed by atoms with Crippen molar-refractivity contribution in [2.24, 2.45) is 4.99 Å². The number of halogens is 1. The maximum Gasteiger partial charge on any atom is 0.191 e. The third-order valence-electron chi connectivity index (χ3n) is 4.45. The molecule has 0 amide bonds. The molecule has 160 valence electrons.